The van der Waals surface area contributed by atoms with Crippen LogP contribution in [0.4, 0.5) is 0 Å². The van der Waals surface area contributed by atoms with Gasteiger partial charge in [-0.25, -0.2) is 8.42 Å². The number of rotatable bonds is 5. The summed E-state index contributed by atoms with van der Waals surface area (Å²) in [6.07, 6.45) is 0. The fourth-order valence-electron chi connectivity index (χ4n) is 3.17. The van der Waals surface area contributed by atoms with Crippen molar-refractivity contribution in [2.75, 3.05) is 32.8 Å². The second-order valence-corrected chi connectivity index (χ2v) is 9.14. The van der Waals surface area contributed by atoms with E-state index >= 15 is 0 Å². The second-order valence-electron chi connectivity index (χ2n) is 6.80. The van der Waals surface area contributed by atoms with Gasteiger partial charge in [0.05, 0.1) is 4.90 Å². The van der Waals surface area contributed by atoms with Gasteiger partial charge in [-0.05, 0) is 49.7 Å². The molecule has 0 aliphatic carbocycles. The van der Waals surface area contributed by atoms with E-state index in [0.717, 1.165) is 11.1 Å². The number of aryl methyl sites for hydroxylation is 2. The molecule has 0 atom stereocenters. The van der Waals surface area contributed by atoms with Gasteiger partial charge in [0.2, 0.25) is 10.0 Å². The van der Waals surface area contributed by atoms with Crippen molar-refractivity contribution in [3.8, 4) is 5.75 Å². The Balaban J connectivity index is 1.57. The first-order valence-electron chi connectivity index (χ1n) is 9.01. The molecule has 1 amide bonds. The number of nitrogens with zero attached hydrogens (tertiary/aromatic N) is 2. The second kappa shape index (κ2) is 8.51. The summed E-state index contributed by atoms with van der Waals surface area (Å²) in [5, 5.41) is 0.597. The molecule has 2 aromatic rings. The van der Waals surface area contributed by atoms with Gasteiger partial charge in [0.1, 0.15) is 5.75 Å². The Bertz CT molecular complexity index is 953. The highest BCUT2D eigenvalue weighted by atomic mass is 35.5. The van der Waals surface area contributed by atoms with E-state index in [0.29, 0.717) is 28.8 Å². The third-order valence-electron chi connectivity index (χ3n) is 4.72. The number of ether oxygens (including phenoxy) is 1. The molecule has 2 aromatic carbocycles. The Hall–Kier alpha value is -2.09. The molecule has 0 unspecified atom stereocenters. The van der Waals surface area contributed by atoms with Crippen LogP contribution < -0.4 is 4.74 Å². The Labute approximate surface area is 170 Å². The van der Waals surface area contributed by atoms with Crippen LogP contribution in [0.3, 0.4) is 0 Å². The maximum absolute atomic E-state index is 12.9. The molecule has 1 aliphatic heterocycles. The number of hydrogen-bond acceptors (Lipinski definition) is 4. The first-order chi connectivity index (χ1) is 13.3. The largest absolute Gasteiger partial charge is 0.484 e. The van der Waals surface area contributed by atoms with Crippen molar-refractivity contribution in [2.45, 2.75) is 18.7 Å². The van der Waals surface area contributed by atoms with Crippen molar-refractivity contribution in [1.29, 1.82) is 0 Å². The molecule has 8 heteroatoms. The third-order valence-corrected chi connectivity index (χ3v) is 7.03. The van der Waals surface area contributed by atoms with Gasteiger partial charge in [-0.2, -0.15) is 4.31 Å². The lowest BCUT2D eigenvalue weighted by molar-refractivity contribution is -0.134. The zero-order valence-corrected chi connectivity index (χ0v) is 17.5. The van der Waals surface area contributed by atoms with E-state index in [1.54, 1.807) is 48.2 Å². The summed E-state index contributed by atoms with van der Waals surface area (Å²) >= 11 is 5.82. The first-order valence-corrected chi connectivity index (χ1v) is 10.8. The molecule has 0 radical (unpaired) electrons. The van der Waals surface area contributed by atoms with Gasteiger partial charge in [-0.3, -0.25) is 4.79 Å². The summed E-state index contributed by atoms with van der Waals surface area (Å²) in [6.45, 7) is 4.85. The van der Waals surface area contributed by atoms with Gasteiger partial charge in [0, 0.05) is 31.2 Å². The van der Waals surface area contributed by atoms with Crippen molar-refractivity contribution in [3.05, 3.63) is 58.6 Å². The van der Waals surface area contributed by atoms with Gasteiger partial charge in [0.25, 0.3) is 5.91 Å². The van der Waals surface area contributed by atoms with E-state index in [2.05, 4.69) is 0 Å². The SMILES string of the molecule is Cc1ccc(S(=O)(=O)N2CCN(C(=O)COc3ccc(Cl)cc3)CC2)c(C)c1. The topological polar surface area (TPSA) is 66.9 Å². The predicted molar refractivity (Wildman–Crippen MR) is 108 cm³/mol. The summed E-state index contributed by atoms with van der Waals surface area (Å²) in [6, 6.07) is 12.1. The molecule has 28 heavy (non-hydrogen) atoms. The lowest BCUT2D eigenvalue weighted by Gasteiger charge is -2.34. The number of halogens is 1. The van der Waals surface area contributed by atoms with E-state index in [1.165, 1.54) is 4.31 Å². The number of amides is 1. The van der Waals surface area contributed by atoms with E-state index < -0.39 is 10.0 Å². The van der Waals surface area contributed by atoms with Gasteiger partial charge < -0.3 is 9.64 Å². The van der Waals surface area contributed by atoms with Crippen LogP contribution in [-0.4, -0.2) is 56.3 Å². The molecule has 6 nitrogen and oxygen atoms in total. The summed E-state index contributed by atoms with van der Waals surface area (Å²) in [5.74, 6) is 0.396. The molecule has 1 aliphatic rings. The van der Waals surface area contributed by atoms with E-state index in [-0.39, 0.29) is 25.6 Å². The standard InChI is InChI=1S/C20H23ClN2O4S/c1-15-3-8-19(16(2)13-15)28(25,26)23-11-9-22(10-12-23)20(24)14-27-18-6-4-17(21)5-7-18/h3-8,13H,9-12,14H2,1-2H3. The highest BCUT2D eigenvalue weighted by Gasteiger charge is 2.31. The third kappa shape index (κ3) is 4.66. The molecule has 1 heterocycles. The zero-order chi connectivity index (χ0) is 20.3. The normalized spacial score (nSPS) is 15.5. The van der Waals surface area contributed by atoms with Crippen molar-refractivity contribution < 1.29 is 17.9 Å². The van der Waals surface area contributed by atoms with E-state index in [9.17, 15) is 13.2 Å². The fourth-order valence-corrected chi connectivity index (χ4v) is 4.93. The van der Waals surface area contributed by atoms with Gasteiger partial charge >= 0.3 is 0 Å². The quantitative estimate of drug-likeness (QED) is 0.743. The maximum Gasteiger partial charge on any atom is 0.260 e. The molecule has 0 saturated carbocycles. The summed E-state index contributed by atoms with van der Waals surface area (Å²) < 4.78 is 32.8. The van der Waals surface area contributed by atoms with Crippen molar-refractivity contribution >= 4 is 27.5 Å². The number of piperazine rings is 1. The molecular formula is C20H23ClN2O4S. The molecule has 150 valence electrons. The number of carbonyl (C=O) groups is 1. The summed E-state index contributed by atoms with van der Waals surface area (Å²) in [5.41, 5.74) is 1.75. The van der Waals surface area contributed by atoms with E-state index in [1.807, 2.05) is 13.0 Å². The zero-order valence-electron chi connectivity index (χ0n) is 15.9. The van der Waals surface area contributed by atoms with Crippen LogP contribution in [0.1, 0.15) is 11.1 Å². The number of carbonyl (C=O) groups excluding carboxylic acids is 1. The highest BCUT2D eigenvalue weighted by Crippen LogP contribution is 2.22. The van der Waals surface area contributed by atoms with Crippen LogP contribution >= 0.6 is 11.6 Å². The lowest BCUT2D eigenvalue weighted by atomic mass is 10.2. The number of sulfonamides is 1. The predicted octanol–water partition coefficient (Wildman–Crippen LogP) is 2.87. The average Bonchev–Trinajstić information content (AvgIpc) is 2.67. The van der Waals surface area contributed by atoms with Gasteiger partial charge in [-0.1, -0.05) is 29.3 Å². The molecule has 3 rings (SSSR count). The molecule has 0 aromatic heterocycles. The van der Waals surface area contributed by atoms with Gasteiger partial charge in [0.15, 0.2) is 6.61 Å². The smallest absolute Gasteiger partial charge is 0.260 e. The van der Waals surface area contributed by atoms with Crippen LogP contribution in [-0.2, 0) is 14.8 Å². The summed E-state index contributed by atoms with van der Waals surface area (Å²) in [4.78, 5) is 14.3. The van der Waals surface area contributed by atoms with E-state index in [4.69, 9.17) is 16.3 Å². The minimum absolute atomic E-state index is 0.0918. The maximum atomic E-state index is 12.9. The molecule has 1 fully saturated rings. The Morgan fingerprint density at radius 3 is 2.29 bits per heavy atom. The molecular weight excluding hydrogens is 400 g/mol. The summed E-state index contributed by atoms with van der Waals surface area (Å²) in [7, 11) is -3.57. The number of hydrogen-bond donors (Lipinski definition) is 0. The Kier molecular flexibility index (Phi) is 6.27. The number of benzene rings is 2. The lowest BCUT2D eigenvalue weighted by Crippen LogP contribution is -2.51. The monoisotopic (exact) mass is 422 g/mol. The van der Waals surface area contributed by atoms with Crippen LogP contribution in [0.5, 0.6) is 5.75 Å². The van der Waals surface area contributed by atoms with Crippen molar-refractivity contribution in [2.24, 2.45) is 0 Å². The van der Waals surface area contributed by atoms with Gasteiger partial charge in [-0.15, -0.1) is 0 Å². The minimum Gasteiger partial charge on any atom is -0.484 e. The van der Waals surface area contributed by atoms with Crippen LogP contribution in [0, 0.1) is 13.8 Å². The first kappa shape index (κ1) is 20.6. The molecule has 0 spiro atoms. The Morgan fingerprint density at radius 2 is 1.68 bits per heavy atom. The molecule has 0 N–H and O–H groups in total. The molecule has 1 saturated heterocycles. The van der Waals surface area contributed by atoms with Crippen LogP contribution in [0.2, 0.25) is 5.02 Å². The fraction of sp³-hybridized carbons (Fsp3) is 0.350. The Morgan fingerprint density at radius 1 is 1.04 bits per heavy atom. The van der Waals surface area contributed by atoms with Crippen LogP contribution in [0.25, 0.3) is 0 Å². The molecule has 0 bridgehead atoms. The van der Waals surface area contributed by atoms with Crippen molar-refractivity contribution in [1.82, 2.24) is 9.21 Å². The average molecular weight is 423 g/mol. The highest BCUT2D eigenvalue weighted by molar-refractivity contribution is 7.89. The van der Waals surface area contributed by atoms with Crippen LogP contribution in [0.15, 0.2) is 47.4 Å². The van der Waals surface area contributed by atoms with Crippen molar-refractivity contribution in [3.63, 3.8) is 0 Å². The minimum atomic E-state index is -3.57.